The summed E-state index contributed by atoms with van der Waals surface area (Å²) in [5.74, 6) is 0.477. The quantitative estimate of drug-likeness (QED) is 0.563. The summed E-state index contributed by atoms with van der Waals surface area (Å²) < 4.78 is 0. The zero-order valence-electron chi connectivity index (χ0n) is 15.6. The van der Waals surface area contributed by atoms with E-state index >= 15 is 0 Å². The van der Waals surface area contributed by atoms with Crippen molar-refractivity contribution in [2.45, 2.75) is 113 Å². The fraction of sp³-hybridized carbons (Fsp3) is 1.00. The van der Waals surface area contributed by atoms with E-state index in [0.29, 0.717) is 5.92 Å². The minimum atomic E-state index is -0.128. The molecule has 2 atom stereocenters. The molecule has 1 heteroatoms. The molecule has 0 saturated heterocycles. The lowest BCUT2D eigenvalue weighted by molar-refractivity contribution is 0.128. The standard InChI is InChI=1S/C8H18O.2C4H10.C2H6/c1-4-5-6-7(2)8(3)9;2*1-3-4-2;1-2/h7-9H,4-6H2,1-3H3;2*3-4H2,1-2H3;1-2H3. The molecule has 0 aromatic heterocycles. The number of rotatable bonds is 6. The number of aliphatic hydroxyl groups is 1. The van der Waals surface area contributed by atoms with Crippen molar-refractivity contribution in [1.29, 1.82) is 0 Å². The molecule has 0 bridgehead atoms. The van der Waals surface area contributed by atoms with Crippen LogP contribution in [0.1, 0.15) is 107 Å². The maximum absolute atomic E-state index is 9.05. The van der Waals surface area contributed by atoms with Gasteiger partial charge in [-0.2, -0.15) is 0 Å². The predicted octanol–water partition coefficient (Wildman–Crippen LogP) is 6.83. The zero-order valence-corrected chi connectivity index (χ0v) is 15.6. The van der Waals surface area contributed by atoms with Gasteiger partial charge in [0.25, 0.3) is 0 Å². The Balaban J connectivity index is -0.0000000944. The first kappa shape index (κ1) is 27.3. The first-order valence-electron chi connectivity index (χ1n) is 8.69. The summed E-state index contributed by atoms with van der Waals surface area (Å²) in [5.41, 5.74) is 0. The lowest BCUT2D eigenvalue weighted by atomic mass is 10.00. The van der Waals surface area contributed by atoms with Gasteiger partial charge in [0.15, 0.2) is 0 Å². The molecule has 0 aromatic carbocycles. The second-order valence-corrected chi connectivity index (χ2v) is 4.86. The molecule has 0 aliphatic rings. The Kier molecular flexibility index (Phi) is 44.2. The van der Waals surface area contributed by atoms with Gasteiger partial charge in [-0.1, -0.05) is 93.9 Å². The molecule has 0 amide bonds. The summed E-state index contributed by atoms with van der Waals surface area (Å²) >= 11 is 0. The second-order valence-electron chi connectivity index (χ2n) is 4.86. The first-order chi connectivity index (χ1) is 9.01. The van der Waals surface area contributed by atoms with Crippen LogP contribution in [-0.4, -0.2) is 11.2 Å². The van der Waals surface area contributed by atoms with Gasteiger partial charge in [-0.05, 0) is 19.3 Å². The summed E-state index contributed by atoms with van der Waals surface area (Å²) in [5, 5.41) is 9.05. The van der Waals surface area contributed by atoms with Gasteiger partial charge in [0, 0.05) is 0 Å². The van der Waals surface area contributed by atoms with Crippen LogP contribution in [0.2, 0.25) is 0 Å². The molecule has 0 heterocycles. The Morgan fingerprint density at radius 3 is 1.16 bits per heavy atom. The van der Waals surface area contributed by atoms with Crippen LogP contribution < -0.4 is 0 Å². The predicted molar refractivity (Wildman–Crippen MR) is 92.9 cm³/mol. The Morgan fingerprint density at radius 1 is 0.684 bits per heavy atom. The lowest BCUT2D eigenvalue weighted by Crippen LogP contribution is -2.12. The summed E-state index contributed by atoms with van der Waals surface area (Å²) in [6.07, 6.45) is 8.79. The van der Waals surface area contributed by atoms with Crippen LogP contribution in [0.3, 0.4) is 0 Å². The molecule has 0 spiro atoms. The fourth-order valence-corrected chi connectivity index (χ4v) is 0.767. The van der Waals surface area contributed by atoms with Crippen molar-refractivity contribution < 1.29 is 5.11 Å². The second kappa shape index (κ2) is 30.8. The number of unbranched alkanes of at least 4 members (excludes halogenated alkanes) is 3. The SMILES string of the molecule is CC.CCCC.CCCC.CCCCC(C)C(C)O. The molecule has 1 N–H and O–H groups in total. The van der Waals surface area contributed by atoms with Crippen LogP contribution in [0.5, 0.6) is 0 Å². The molecule has 0 saturated carbocycles. The van der Waals surface area contributed by atoms with E-state index in [9.17, 15) is 0 Å². The smallest absolute Gasteiger partial charge is 0.0537 e. The maximum Gasteiger partial charge on any atom is 0.0537 e. The molecule has 0 aromatic rings. The van der Waals surface area contributed by atoms with Crippen molar-refractivity contribution >= 4 is 0 Å². The molecular formula is C18H44O. The van der Waals surface area contributed by atoms with Crippen molar-refractivity contribution in [2.24, 2.45) is 5.92 Å². The number of aliphatic hydroxyl groups excluding tert-OH is 1. The summed E-state index contributed by atoms with van der Waals surface area (Å²) in [7, 11) is 0. The highest BCUT2D eigenvalue weighted by molar-refractivity contribution is 4.57. The monoisotopic (exact) mass is 276 g/mol. The highest BCUT2D eigenvalue weighted by atomic mass is 16.3. The highest BCUT2D eigenvalue weighted by Crippen LogP contribution is 2.10. The molecule has 0 fully saturated rings. The highest BCUT2D eigenvalue weighted by Gasteiger charge is 2.06. The van der Waals surface area contributed by atoms with E-state index in [2.05, 4.69) is 41.5 Å². The van der Waals surface area contributed by atoms with Crippen LogP contribution >= 0.6 is 0 Å². The lowest BCUT2D eigenvalue weighted by Gasteiger charge is -2.12. The topological polar surface area (TPSA) is 20.2 Å². The fourth-order valence-electron chi connectivity index (χ4n) is 0.767. The van der Waals surface area contributed by atoms with Crippen LogP contribution in [0.15, 0.2) is 0 Å². The van der Waals surface area contributed by atoms with Gasteiger partial charge in [0.2, 0.25) is 0 Å². The van der Waals surface area contributed by atoms with Crippen LogP contribution in [0.4, 0.5) is 0 Å². The summed E-state index contributed by atoms with van der Waals surface area (Å²) in [4.78, 5) is 0. The van der Waals surface area contributed by atoms with Gasteiger partial charge in [0.05, 0.1) is 6.10 Å². The Bertz CT molecular complexity index is 91.9. The van der Waals surface area contributed by atoms with Gasteiger partial charge in [-0.3, -0.25) is 0 Å². The van der Waals surface area contributed by atoms with E-state index in [4.69, 9.17) is 5.11 Å². The molecular weight excluding hydrogens is 232 g/mol. The average molecular weight is 277 g/mol. The van der Waals surface area contributed by atoms with Gasteiger partial charge in [-0.15, -0.1) is 0 Å². The van der Waals surface area contributed by atoms with Crippen molar-refractivity contribution in [3.8, 4) is 0 Å². The van der Waals surface area contributed by atoms with E-state index in [-0.39, 0.29) is 6.10 Å². The van der Waals surface area contributed by atoms with Gasteiger partial charge in [0.1, 0.15) is 0 Å². The third kappa shape index (κ3) is 46.1. The van der Waals surface area contributed by atoms with Gasteiger partial charge >= 0.3 is 0 Å². The molecule has 0 rings (SSSR count). The zero-order chi connectivity index (χ0) is 16.1. The molecule has 122 valence electrons. The van der Waals surface area contributed by atoms with E-state index in [1.54, 1.807) is 0 Å². The summed E-state index contributed by atoms with van der Waals surface area (Å²) in [6, 6.07) is 0. The van der Waals surface area contributed by atoms with Crippen molar-refractivity contribution in [3.05, 3.63) is 0 Å². The summed E-state index contributed by atoms with van der Waals surface area (Å²) in [6.45, 7) is 18.9. The van der Waals surface area contributed by atoms with Gasteiger partial charge in [-0.25, -0.2) is 0 Å². The largest absolute Gasteiger partial charge is 0.393 e. The molecule has 0 aliphatic heterocycles. The van der Waals surface area contributed by atoms with Crippen molar-refractivity contribution in [1.82, 2.24) is 0 Å². The Labute approximate surface area is 125 Å². The van der Waals surface area contributed by atoms with E-state index < -0.39 is 0 Å². The van der Waals surface area contributed by atoms with Crippen molar-refractivity contribution in [2.75, 3.05) is 0 Å². The molecule has 19 heavy (non-hydrogen) atoms. The Morgan fingerprint density at radius 2 is 1.00 bits per heavy atom. The number of hydrogen-bond donors (Lipinski definition) is 1. The Hall–Kier alpha value is -0.0400. The molecule has 0 radical (unpaired) electrons. The normalized spacial score (nSPS) is 11.7. The minimum absolute atomic E-state index is 0.128. The van der Waals surface area contributed by atoms with Crippen LogP contribution in [-0.2, 0) is 0 Å². The maximum atomic E-state index is 9.05. The third-order valence-electron chi connectivity index (χ3n) is 2.84. The minimum Gasteiger partial charge on any atom is -0.393 e. The van der Waals surface area contributed by atoms with Gasteiger partial charge < -0.3 is 5.11 Å². The van der Waals surface area contributed by atoms with Crippen LogP contribution in [0, 0.1) is 5.92 Å². The van der Waals surface area contributed by atoms with Crippen molar-refractivity contribution in [3.63, 3.8) is 0 Å². The molecule has 0 aliphatic carbocycles. The molecule has 1 nitrogen and oxygen atoms in total. The van der Waals surface area contributed by atoms with E-state index in [1.165, 1.54) is 38.5 Å². The average Bonchev–Trinajstić information content (AvgIpc) is 2.47. The first-order valence-corrected chi connectivity index (χ1v) is 8.69. The third-order valence-corrected chi connectivity index (χ3v) is 2.84. The number of hydrogen-bond acceptors (Lipinski definition) is 1. The van der Waals surface area contributed by atoms with Crippen LogP contribution in [0.25, 0.3) is 0 Å². The van der Waals surface area contributed by atoms with E-state index in [0.717, 1.165) is 6.42 Å². The molecule has 2 unspecified atom stereocenters. The van der Waals surface area contributed by atoms with E-state index in [1.807, 2.05) is 20.8 Å².